The van der Waals surface area contributed by atoms with Crippen LogP contribution >= 0.6 is 0 Å². The fraction of sp³-hybridized carbons (Fsp3) is 0.417. The van der Waals surface area contributed by atoms with Crippen LogP contribution in [0.1, 0.15) is 73.4 Å². The van der Waals surface area contributed by atoms with E-state index >= 15 is 0 Å². The van der Waals surface area contributed by atoms with Crippen LogP contribution < -0.4 is 10.6 Å². The van der Waals surface area contributed by atoms with Crippen LogP contribution in [0.4, 0.5) is 0 Å². The molecule has 0 atom stereocenters. The minimum Gasteiger partial charge on any atom is -0.431 e. The normalized spacial score (nSPS) is 14.1. The highest BCUT2D eigenvalue weighted by Crippen LogP contribution is 2.26. The van der Waals surface area contributed by atoms with Crippen molar-refractivity contribution in [2.75, 3.05) is 0 Å². The molecule has 0 radical (unpaired) electrons. The highest BCUT2D eigenvalue weighted by molar-refractivity contribution is 5.93. The molecule has 2 heterocycles. The predicted octanol–water partition coefficient (Wildman–Crippen LogP) is 4.32. The number of aromatic amines is 1. The predicted molar refractivity (Wildman–Crippen MR) is 121 cm³/mol. The zero-order valence-corrected chi connectivity index (χ0v) is 18.5. The maximum Gasteiger partial charge on any atom is 0.288 e. The Morgan fingerprint density at radius 3 is 2.62 bits per heavy atom. The SMILES string of the molecule is CCC(CC)NC(=O)c1cnc(-c2cccc(-c3cc(C(=O)NC4CCCC4)[nH]n3)c2)o1. The Morgan fingerprint density at radius 2 is 1.88 bits per heavy atom. The lowest BCUT2D eigenvalue weighted by atomic mass is 10.1. The number of amides is 2. The topological polar surface area (TPSA) is 113 Å². The van der Waals surface area contributed by atoms with Crippen LogP contribution in [0.25, 0.3) is 22.7 Å². The summed E-state index contributed by atoms with van der Waals surface area (Å²) in [6.45, 7) is 4.06. The Balaban J connectivity index is 1.47. The van der Waals surface area contributed by atoms with Crippen LogP contribution in [-0.4, -0.2) is 39.1 Å². The molecule has 0 saturated heterocycles. The Morgan fingerprint density at radius 1 is 1.12 bits per heavy atom. The Kier molecular flexibility index (Phi) is 6.68. The number of carbonyl (C=O) groups excluding carboxylic acids is 2. The highest BCUT2D eigenvalue weighted by Gasteiger charge is 2.20. The highest BCUT2D eigenvalue weighted by atomic mass is 16.4. The van der Waals surface area contributed by atoms with E-state index in [4.69, 9.17) is 4.42 Å². The van der Waals surface area contributed by atoms with Gasteiger partial charge in [0, 0.05) is 23.2 Å². The van der Waals surface area contributed by atoms with E-state index in [0.717, 1.165) is 49.7 Å². The van der Waals surface area contributed by atoms with Gasteiger partial charge >= 0.3 is 0 Å². The molecule has 8 heteroatoms. The van der Waals surface area contributed by atoms with Crippen molar-refractivity contribution in [2.24, 2.45) is 0 Å². The summed E-state index contributed by atoms with van der Waals surface area (Å²) < 4.78 is 5.71. The van der Waals surface area contributed by atoms with E-state index in [1.165, 1.54) is 6.20 Å². The molecule has 3 N–H and O–H groups in total. The van der Waals surface area contributed by atoms with E-state index in [1.807, 2.05) is 38.1 Å². The second-order valence-corrected chi connectivity index (χ2v) is 8.22. The average molecular weight is 436 g/mol. The van der Waals surface area contributed by atoms with Crippen molar-refractivity contribution < 1.29 is 14.0 Å². The van der Waals surface area contributed by atoms with Gasteiger partial charge in [0.05, 0.1) is 11.9 Å². The third-order valence-electron chi connectivity index (χ3n) is 5.97. The van der Waals surface area contributed by atoms with Crippen molar-refractivity contribution in [3.05, 3.63) is 48.0 Å². The molecule has 0 spiro atoms. The molecule has 4 rings (SSSR count). The quantitative estimate of drug-likeness (QED) is 0.488. The molecule has 1 aliphatic carbocycles. The van der Waals surface area contributed by atoms with Gasteiger partial charge in [-0.2, -0.15) is 5.10 Å². The number of rotatable bonds is 8. The van der Waals surface area contributed by atoms with Gasteiger partial charge in [-0.25, -0.2) is 4.98 Å². The van der Waals surface area contributed by atoms with Gasteiger partial charge < -0.3 is 15.1 Å². The lowest BCUT2D eigenvalue weighted by Gasteiger charge is -2.12. The molecule has 0 unspecified atom stereocenters. The fourth-order valence-corrected chi connectivity index (χ4v) is 3.99. The second kappa shape index (κ2) is 9.80. The van der Waals surface area contributed by atoms with Gasteiger partial charge in [0.1, 0.15) is 5.69 Å². The largest absolute Gasteiger partial charge is 0.431 e. The van der Waals surface area contributed by atoms with Crippen molar-refractivity contribution in [2.45, 2.75) is 64.5 Å². The van der Waals surface area contributed by atoms with Crippen molar-refractivity contribution in [3.8, 4) is 22.7 Å². The maximum absolute atomic E-state index is 12.5. The molecular weight excluding hydrogens is 406 g/mol. The number of benzene rings is 1. The zero-order valence-electron chi connectivity index (χ0n) is 18.5. The first-order chi connectivity index (χ1) is 15.6. The number of carbonyl (C=O) groups is 2. The van der Waals surface area contributed by atoms with E-state index < -0.39 is 0 Å². The van der Waals surface area contributed by atoms with Crippen molar-refractivity contribution in [1.29, 1.82) is 0 Å². The molecule has 168 valence electrons. The first-order valence-corrected chi connectivity index (χ1v) is 11.3. The van der Waals surface area contributed by atoms with E-state index in [1.54, 1.807) is 6.07 Å². The van der Waals surface area contributed by atoms with E-state index in [9.17, 15) is 9.59 Å². The summed E-state index contributed by atoms with van der Waals surface area (Å²) in [5, 5.41) is 13.1. The molecule has 2 amide bonds. The van der Waals surface area contributed by atoms with Gasteiger partial charge in [0.25, 0.3) is 11.8 Å². The van der Waals surface area contributed by atoms with Crippen molar-refractivity contribution in [1.82, 2.24) is 25.8 Å². The molecule has 8 nitrogen and oxygen atoms in total. The van der Waals surface area contributed by atoms with Crippen LogP contribution in [0, 0.1) is 0 Å². The van der Waals surface area contributed by atoms with Crippen LogP contribution in [0.15, 0.2) is 40.9 Å². The zero-order chi connectivity index (χ0) is 22.5. The van der Waals surface area contributed by atoms with Crippen molar-refractivity contribution >= 4 is 11.8 Å². The van der Waals surface area contributed by atoms with Gasteiger partial charge in [-0.3, -0.25) is 14.7 Å². The number of hydrogen-bond acceptors (Lipinski definition) is 5. The minimum atomic E-state index is -0.265. The standard InChI is InChI=1S/C24H29N5O3/c1-3-17(4-2)26-23(31)21-14-25-24(32-21)16-9-7-8-15(12-16)19-13-20(29-28-19)22(30)27-18-10-5-6-11-18/h7-9,12-14,17-18H,3-6,10-11H2,1-2H3,(H,26,31)(H,27,30)(H,28,29). The summed E-state index contributed by atoms with van der Waals surface area (Å²) in [6.07, 6.45) is 7.54. The molecule has 1 aromatic carbocycles. The molecule has 0 aliphatic heterocycles. The molecule has 1 fully saturated rings. The van der Waals surface area contributed by atoms with Crippen LogP contribution in [-0.2, 0) is 0 Å². The summed E-state index contributed by atoms with van der Waals surface area (Å²) in [5.74, 6) is 0.144. The van der Waals surface area contributed by atoms with Gasteiger partial charge in [0.15, 0.2) is 0 Å². The molecule has 2 aromatic heterocycles. The van der Waals surface area contributed by atoms with Gasteiger partial charge in [-0.15, -0.1) is 0 Å². The molecule has 3 aromatic rings. The molecular formula is C24H29N5O3. The lowest BCUT2D eigenvalue weighted by Crippen LogP contribution is -2.33. The summed E-state index contributed by atoms with van der Waals surface area (Å²) in [7, 11) is 0. The van der Waals surface area contributed by atoms with Crippen LogP contribution in [0.3, 0.4) is 0 Å². The van der Waals surface area contributed by atoms with E-state index in [-0.39, 0.29) is 29.7 Å². The smallest absolute Gasteiger partial charge is 0.288 e. The first-order valence-electron chi connectivity index (χ1n) is 11.3. The minimum absolute atomic E-state index is 0.110. The third-order valence-corrected chi connectivity index (χ3v) is 5.97. The Labute approximate surface area is 187 Å². The average Bonchev–Trinajstić information content (AvgIpc) is 3.59. The summed E-state index contributed by atoms with van der Waals surface area (Å²) in [5.41, 5.74) is 2.64. The van der Waals surface area contributed by atoms with Crippen molar-refractivity contribution in [3.63, 3.8) is 0 Å². The monoisotopic (exact) mass is 435 g/mol. The number of H-pyrrole nitrogens is 1. The molecule has 1 aliphatic rings. The van der Waals surface area contributed by atoms with Gasteiger partial charge in [-0.05, 0) is 43.9 Å². The first kappa shape index (κ1) is 21.8. The number of nitrogens with one attached hydrogen (secondary N) is 3. The summed E-state index contributed by atoms with van der Waals surface area (Å²) in [4.78, 5) is 29.1. The molecule has 1 saturated carbocycles. The molecule has 0 bridgehead atoms. The number of nitrogens with zero attached hydrogens (tertiary/aromatic N) is 2. The second-order valence-electron chi connectivity index (χ2n) is 8.22. The van der Waals surface area contributed by atoms with E-state index in [0.29, 0.717) is 17.3 Å². The third kappa shape index (κ3) is 4.90. The fourth-order valence-electron chi connectivity index (χ4n) is 3.99. The van der Waals surface area contributed by atoms with Crippen LogP contribution in [0.2, 0.25) is 0 Å². The summed E-state index contributed by atoms with van der Waals surface area (Å²) >= 11 is 0. The Hall–Kier alpha value is -3.42. The number of oxazole rings is 1. The maximum atomic E-state index is 12.5. The van der Waals surface area contributed by atoms with E-state index in [2.05, 4.69) is 25.8 Å². The van der Waals surface area contributed by atoms with Crippen LogP contribution in [0.5, 0.6) is 0 Å². The lowest BCUT2D eigenvalue weighted by molar-refractivity contribution is 0.0905. The number of aromatic nitrogens is 3. The number of hydrogen-bond donors (Lipinski definition) is 3. The Bertz CT molecular complexity index is 1010. The molecule has 32 heavy (non-hydrogen) atoms. The summed E-state index contributed by atoms with van der Waals surface area (Å²) in [6, 6.07) is 9.61. The van der Waals surface area contributed by atoms with Gasteiger partial charge in [-0.1, -0.05) is 38.8 Å². The van der Waals surface area contributed by atoms with Gasteiger partial charge in [0.2, 0.25) is 11.7 Å².